The molecule has 1 rings (SSSR count). The Balaban J connectivity index is 2.60. The second kappa shape index (κ2) is 5.59. The molecule has 0 unspecified atom stereocenters. The molecule has 3 nitrogen and oxygen atoms in total. The monoisotopic (exact) mass is 210 g/mol. The average Bonchev–Trinajstić information content (AvgIpc) is 2.49. The molecule has 0 aromatic carbocycles. The smallest absolute Gasteiger partial charge is 0.303 e. The Morgan fingerprint density at radius 3 is 2.87 bits per heavy atom. The number of carbonyl (C=O) groups is 1. The molecule has 0 heterocycles. The summed E-state index contributed by atoms with van der Waals surface area (Å²) in [7, 11) is 0. The number of rotatable bonds is 5. The van der Waals surface area contributed by atoms with E-state index >= 15 is 0 Å². The SMILES string of the molecule is CC/C=C\CC1=C(O)CC[C@@H]1CC(=O)O. The minimum atomic E-state index is -0.785. The van der Waals surface area contributed by atoms with Gasteiger partial charge in [0.1, 0.15) is 0 Å². The Labute approximate surface area is 90.1 Å². The van der Waals surface area contributed by atoms with Crippen LogP contribution in [0.1, 0.15) is 39.0 Å². The summed E-state index contributed by atoms with van der Waals surface area (Å²) < 4.78 is 0. The number of hydrogen-bond acceptors (Lipinski definition) is 2. The van der Waals surface area contributed by atoms with E-state index in [1.54, 1.807) is 0 Å². The van der Waals surface area contributed by atoms with Crippen LogP contribution in [0.3, 0.4) is 0 Å². The van der Waals surface area contributed by atoms with E-state index < -0.39 is 5.97 Å². The molecular formula is C12H18O3. The van der Waals surface area contributed by atoms with Crippen molar-refractivity contribution in [3.8, 4) is 0 Å². The van der Waals surface area contributed by atoms with Gasteiger partial charge in [0.15, 0.2) is 0 Å². The van der Waals surface area contributed by atoms with Gasteiger partial charge in [0, 0.05) is 6.42 Å². The Morgan fingerprint density at radius 2 is 2.27 bits per heavy atom. The van der Waals surface area contributed by atoms with Crippen LogP contribution >= 0.6 is 0 Å². The average molecular weight is 210 g/mol. The summed E-state index contributed by atoms with van der Waals surface area (Å²) in [6.45, 7) is 2.05. The van der Waals surface area contributed by atoms with E-state index in [1.165, 1.54) is 0 Å². The van der Waals surface area contributed by atoms with Gasteiger partial charge >= 0.3 is 5.97 Å². The van der Waals surface area contributed by atoms with Crippen LogP contribution in [0.15, 0.2) is 23.5 Å². The van der Waals surface area contributed by atoms with Gasteiger partial charge in [0.05, 0.1) is 12.2 Å². The normalized spacial score (nSPS) is 21.5. The fourth-order valence-corrected chi connectivity index (χ4v) is 1.98. The molecule has 0 spiro atoms. The first-order chi connectivity index (χ1) is 7.15. The van der Waals surface area contributed by atoms with Gasteiger partial charge in [-0.2, -0.15) is 0 Å². The van der Waals surface area contributed by atoms with Crippen molar-refractivity contribution >= 4 is 5.97 Å². The summed E-state index contributed by atoms with van der Waals surface area (Å²) in [5.41, 5.74) is 0.919. The number of aliphatic hydroxyl groups excluding tert-OH is 1. The third-order valence-electron chi connectivity index (χ3n) is 2.75. The summed E-state index contributed by atoms with van der Waals surface area (Å²) >= 11 is 0. The lowest BCUT2D eigenvalue weighted by atomic mass is 9.95. The van der Waals surface area contributed by atoms with Crippen molar-refractivity contribution in [3.63, 3.8) is 0 Å². The van der Waals surface area contributed by atoms with Crippen LogP contribution in [0.4, 0.5) is 0 Å². The Kier molecular flexibility index (Phi) is 4.40. The molecule has 0 aromatic rings. The number of aliphatic hydroxyl groups is 1. The predicted molar refractivity (Wildman–Crippen MR) is 58.7 cm³/mol. The zero-order valence-corrected chi connectivity index (χ0v) is 9.07. The van der Waals surface area contributed by atoms with Gasteiger partial charge < -0.3 is 10.2 Å². The van der Waals surface area contributed by atoms with Gasteiger partial charge in [0.2, 0.25) is 0 Å². The lowest BCUT2D eigenvalue weighted by Gasteiger charge is -2.10. The number of carboxylic acid groups (broad SMARTS) is 1. The van der Waals surface area contributed by atoms with Crippen LogP contribution in [0.2, 0.25) is 0 Å². The summed E-state index contributed by atoms with van der Waals surface area (Å²) in [4.78, 5) is 10.6. The zero-order valence-electron chi connectivity index (χ0n) is 9.07. The third kappa shape index (κ3) is 3.42. The Bertz CT molecular complexity index is 289. The molecule has 0 aromatic heterocycles. The topological polar surface area (TPSA) is 57.5 Å². The van der Waals surface area contributed by atoms with Gasteiger partial charge in [-0.05, 0) is 30.8 Å². The van der Waals surface area contributed by atoms with E-state index in [-0.39, 0.29) is 12.3 Å². The molecule has 0 aliphatic heterocycles. The molecule has 0 radical (unpaired) electrons. The molecule has 15 heavy (non-hydrogen) atoms. The second-order valence-electron chi connectivity index (χ2n) is 3.89. The number of carboxylic acids is 1. The van der Waals surface area contributed by atoms with E-state index in [9.17, 15) is 9.90 Å². The van der Waals surface area contributed by atoms with Crippen LogP contribution < -0.4 is 0 Å². The highest BCUT2D eigenvalue weighted by molar-refractivity contribution is 5.67. The van der Waals surface area contributed by atoms with Crippen molar-refractivity contribution in [1.29, 1.82) is 0 Å². The molecule has 84 valence electrons. The Hall–Kier alpha value is -1.25. The standard InChI is InChI=1S/C12H18O3/c1-2-3-4-5-10-9(8-12(14)15)6-7-11(10)13/h3-4,9,13H,2,5-8H2,1H3,(H,14,15)/b4-3-/t9-/m1/s1. The van der Waals surface area contributed by atoms with Crippen LogP contribution in [0.5, 0.6) is 0 Å². The molecule has 1 atom stereocenters. The number of hydrogen-bond donors (Lipinski definition) is 2. The lowest BCUT2D eigenvalue weighted by molar-refractivity contribution is -0.137. The summed E-state index contributed by atoms with van der Waals surface area (Å²) in [5, 5.41) is 18.4. The van der Waals surface area contributed by atoms with Crippen LogP contribution in [0, 0.1) is 5.92 Å². The summed E-state index contributed by atoms with van der Waals surface area (Å²) in [6, 6.07) is 0. The number of aliphatic carboxylic acids is 1. The molecule has 3 heteroatoms. The quantitative estimate of drug-likeness (QED) is 0.686. The van der Waals surface area contributed by atoms with Crippen molar-refractivity contribution in [3.05, 3.63) is 23.5 Å². The molecule has 0 fully saturated rings. The fourth-order valence-electron chi connectivity index (χ4n) is 1.98. The van der Waals surface area contributed by atoms with Gasteiger partial charge in [-0.3, -0.25) is 4.79 Å². The van der Waals surface area contributed by atoms with E-state index in [0.29, 0.717) is 18.6 Å². The zero-order chi connectivity index (χ0) is 11.3. The van der Waals surface area contributed by atoms with Crippen LogP contribution in [-0.4, -0.2) is 16.2 Å². The van der Waals surface area contributed by atoms with Crippen LogP contribution in [-0.2, 0) is 4.79 Å². The van der Waals surface area contributed by atoms with Crippen molar-refractivity contribution in [1.82, 2.24) is 0 Å². The fraction of sp³-hybridized carbons (Fsp3) is 0.583. The third-order valence-corrected chi connectivity index (χ3v) is 2.75. The van der Waals surface area contributed by atoms with E-state index in [1.807, 2.05) is 19.1 Å². The molecule has 0 amide bonds. The predicted octanol–water partition coefficient (Wildman–Crippen LogP) is 3.04. The minimum absolute atomic E-state index is 0.0315. The highest BCUT2D eigenvalue weighted by atomic mass is 16.4. The lowest BCUT2D eigenvalue weighted by Crippen LogP contribution is -2.07. The first-order valence-electron chi connectivity index (χ1n) is 5.42. The molecular weight excluding hydrogens is 192 g/mol. The molecule has 0 saturated carbocycles. The van der Waals surface area contributed by atoms with Crippen molar-refractivity contribution < 1.29 is 15.0 Å². The summed E-state index contributed by atoms with van der Waals surface area (Å²) in [6.07, 6.45) is 7.25. The highest BCUT2D eigenvalue weighted by Gasteiger charge is 2.26. The molecule has 0 saturated heterocycles. The van der Waals surface area contributed by atoms with E-state index in [0.717, 1.165) is 18.4 Å². The highest BCUT2D eigenvalue weighted by Crippen LogP contribution is 2.35. The Morgan fingerprint density at radius 1 is 1.53 bits per heavy atom. The maximum Gasteiger partial charge on any atom is 0.303 e. The molecule has 1 aliphatic rings. The van der Waals surface area contributed by atoms with E-state index in [4.69, 9.17) is 5.11 Å². The number of allylic oxidation sites excluding steroid dienone is 4. The maximum absolute atomic E-state index is 10.6. The van der Waals surface area contributed by atoms with Gasteiger partial charge in [-0.25, -0.2) is 0 Å². The largest absolute Gasteiger partial charge is 0.512 e. The van der Waals surface area contributed by atoms with Crippen molar-refractivity contribution in [2.75, 3.05) is 0 Å². The van der Waals surface area contributed by atoms with Gasteiger partial charge in [0.25, 0.3) is 0 Å². The first-order valence-corrected chi connectivity index (χ1v) is 5.42. The molecule has 1 aliphatic carbocycles. The van der Waals surface area contributed by atoms with Crippen molar-refractivity contribution in [2.45, 2.75) is 39.0 Å². The second-order valence-corrected chi connectivity index (χ2v) is 3.89. The first kappa shape index (κ1) is 11.8. The van der Waals surface area contributed by atoms with Crippen molar-refractivity contribution in [2.24, 2.45) is 5.92 Å². The van der Waals surface area contributed by atoms with E-state index in [2.05, 4.69) is 0 Å². The molecule has 0 bridgehead atoms. The summed E-state index contributed by atoms with van der Waals surface area (Å²) in [5.74, 6) is -0.349. The van der Waals surface area contributed by atoms with Gasteiger partial charge in [-0.1, -0.05) is 19.1 Å². The van der Waals surface area contributed by atoms with Crippen LogP contribution in [0.25, 0.3) is 0 Å². The minimum Gasteiger partial charge on any atom is -0.512 e. The maximum atomic E-state index is 10.6. The molecule has 2 N–H and O–H groups in total. The van der Waals surface area contributed by atoms with Gasteiger partial charge in [-0.15, -0.1) is 0 Å².